The topological polar surface area (TPSA) is 22.1 Å². The van der Waals surface area contributed by atoms with Gasteiger partial charge in [0.15, 0.2) is 0 Å². The monoisotopic (exact) mass is 317 g/mol. The Balaban J connectivity index is 2.31. The zero-order valence-corrected chi connectivity index (χ0v) is 11.1. The number of aromatic nitrogens is 1. The number of benzene rings is 1. The van der Waals surface area contributed by atoms with Crippen LogP contribution in [0.3, 0.4) is 0 Å². The first-order chi connectivity index (χ1) is 7.66. The molecular formula is C11H6BrCl2NO. The van der Waals surface area contributed by atoms with Crippen LogP contribution < -0.4 is 4.74 Å². The first-order valence-corrected chi connectivity index (χ1v) is 5.96. The highest BCUT2D eigenvalue weighted by atomic mass is 79.9. The molecule has 0 aliphatic rings. The van der Waals surface area contributed by atoms with Gasteiger partial charge in [0.05, 0.1) is 5.02 Å². The van der Waals surface area contributed by atoms with E-state index >= 15 is 0 Å². The van der Waals surface area contributed by atoms with E-state index in [1.165, 1.54) is 0 Å². The number of hydrogen-bond acceptors (Lipinski definition) is 2. The second kappa shape index (κ2) is 5.04. The van der Waals surface area contributed by atoms with Gasteiger partial charge in [0.2, 0.25) is 5.88 Å². The van der Waals surface area contributed by atoms with Crippen LogP contribution in [-0.4, -0.2) is 4.98 Å². The fourth-order valence-electron chi connectivity index (χ4n) is 1.12. The normalized spacial score (nSPS) is 10.2. The molecule has 0 aliphatic carbocycles. The molecule has 0 saturated heterocycles. The molecule has 0 spiro atoms. The molecular weight excluding hydrogens is 313 g/mol. The molecule has 0 unspecified atom stereocenters. The molecule has 0 fully saturated rings. The van der Waals surface area contributed by atoms with Crippen LogP contribution in [0.4, 0.5) is 0 Å². The van der Waals surface area contributed by atoms with Gasteiger partial charge in [-0.2, -0.15) is 0 Å². The first-order valence-electron chi connectivity index (χ1n) is 4.41. The molecule has 2 rings (SSSR count). The van der Waals surface area contributed by atoms with E-state index in [0.717, 1.165) is 0 Å². The summed E-state index contributed by atoms with van der Waals surface area (Å²) in [5, 5.41) is 0.833. The van der Waals surface area contributed by atoms with Crippen molar-refractivity contribution in [1.29, 1.82) is 0 Å². The van der Waals surface area contributed by atoms with Gasteiger partial charge in [-0.1, -0.05) is 35.3 Å². The highest BCUT2D eigenvalue weighted by Gasteiger charge is 2.07. The van der Waals surface area contributed by atoms with Crippen molar-refractivity contribution in [2.24, 2.45) is 0 Å². The number of ether oxygens (including phenoxy) is 1. The predicted octanol–water partition coefficient (Wildman–Crippen LogP) is 4.94. The van der Waals surface area contributed by atoms with Gasteiger partial charge in [-0.05, 0) is 34.1 Å². The van der Waals surface area contributed by atoms with Crippen LogP contribution in [0.2, 0.25) is 10.0 Å². The number of nitrogens with zero attached hydrogens (tertiary/aromatic N) is 1. The molecule has 0 bridgehead atoms. The van der Waals surface area contributed by atoms with E-state index in [9.17, 15) is 0 Å². The highest BCUT2D eigenvalue weighted by molar-refractivity contribution is 9.10. The Kier molecular flexibility index (Phi) is 3.69. The van der Waals surface area contributed by atoms with Crippen LogP contribution in [0.25, 0.3) is 0 Å². The zero-order chi connectivity index (χ0) is 11.5. The average molecular weight is 319 g/mol. The van der Waals surface area contributed by atoms with E-state index in [2.05, 4.69) is 20.9 Å². The predicted molar refractivity (Wildman–Crippen MR) is 68.5 cm³/mol. The summed E-state index contributed by atoms with van der Waals surface area (Å²) in [5.41, 5.74) is 0. The van der Waals surface area contributed by atoms with E-state index in [0.29, 0.717) is 26.3 Å². The fourth-order valence-corrected chi connectivity index (χ4v) is 1.78. The number of pyridine rings is 1. The van der Waals surface area contributed by atoms with Crippen LogP contribution >= 0.6 is 39.1 Å². The summed E-state index contributed by atoms with van der Waals surface area (Å²) in [7, 11) is 0. The van der Waals surface area contributed by atoms with Crippen molar-refractivity contribution >= 4 is 39.1 Å². The molecule has 1 aromatic heterocycles. The van der Waals surface area contributed by atoms with Crippen molar-refractivity contribution in [1.82, 2.24) is 4.98 Å². The number of hydrogen-bond donors (Lipinski definition) is 0. The standard InChI is InChI=1S/C11H6BrCl2NO/c12-9-5-2-6-10(15-9)16-8-4-1-3-7(13)11(8)14/h1-6H. The zero-order valence-electron chi connectivity index (χ0n) is 7.95. The van der Waals surface area contributed by atoms with Gasteiger partial charge >= 0.3 is 0 Å². The Labute approximate surface area is 111 Å². The van der Waals surface area contributed by atoms with Crippen LogP contribution in [0.5, 0.6) is 11.6 Å². The van der Waals surface area contributed by atoms with Crippen LogP contribution in [0, 0.1) is 0 Å². The summed E-state index contributed by atoms with van der Waals surface area (Å²) < 4.78 is 6.21. The van der Waals surface area contributed by atoms with Crippen LogP contribution in [0.15, 0.2) is 41.0 Å². The van der Waals surface area contributed by atoms with Crippen molar-refractivity contribution in [3.05, 3.63) is 51.0 Å². The molecule has 0 atom stereocenters. The second-order valence-corrected chi connectivity index (χ2v) is 4.55. The summed E-state index contributed by atoms with van der Waals surface area (Å²) in [6.07, 6.45) is 0. The maximum Gasteiger partial charge on any atom is 0.220 e. The molecule has 82 valence electrons. The Hall–Kier alpha value is -0.770. The number of halogens is 3. The second-order valence-electron chi connectivity index (χ2n) is 2.95. The summed E-state index contributed by atoms with van der Waals surface area (Å²) in [6.45, 7) is 0. The van der Waals surface area contributed by atoms with Gasteiger partial charge in [-0.15, -0.1) is 0 Å². The third-order valence-corrected chi connectivity index (χ3v) is 3.06. The van der Waals surface area contributed by atoms with Crippen molar-refractivity contribution in [2.75, 3.05) is 0 Å². The quantitative estimate of drug-likeness (QED) is 0.731. The van der Waals surface area contributed by atoms with Gasteiger partial charge in [-0.25, -0.2) is 4.98 Å². The molecule has 0 N–H and O–H groups in total. The van der Waals surface area contributed by atoms with Gasteiger partial charge in [-0.3, -0.25) is 0 Å². The Morgan fingerprint density at radius 2 is 1.81 bits per heavy atom. The molecule has 0 amide bonds. The van der Waals surface area contributed by atoms with Crippen molar-refractivity contribution < 1.29 is 4.74 Å². The Morgan fingerprint density at radius 1 is 1.06 bits per heavy atom. The van der Waals surface area contributed by atoms with Crippen LogP contribution in [0.1, 0.15) is 0 Å². The fraction of sp³-hybridized carbons (Fsp3) is 0. The van der Waals surface area contributed by atoms with Gasteiger partial charge in [0, 0.05) is 6.07 Å². The molecule has 0 radical (unpaired) electrons. The third kappa shape index (κ3) is 2.67. The maximum atomic E-state index is 5.99. The molecule has 5 heteroatoms. The molecule has 1 aromatic carbocycles. The van der Waals surface area contributed by atoms with Crippen LogP contribution in [-0.2, 0) is 0 Å². The largest absolute Gasteiger partial charge is 0.437 e. The lowest BCUT2D eigenvalue weighted by Gasteiger charge is -2.07. The van der Waals surface area contributed by atoms with Gasteiger partial charge < -0.3 is 4.74 Å². The molecule has 2 aromatic rings. The molecule has 16 heavy (non-hydrogen) atoms. The summed E-state index contributed by atoms with van der Waals surface area (Å²) in [5.74, 6) is 0.943. The maximum absolute atomic E-state index is 5.99. The minimum Gasteiger partial charge on any atom is -0.437 e. The smallest absolute Gasteiger partial charge is 0.220 e. The molecule has 0 aliphatic heterocycles. The van der Waals surface area contributed by atoms with E-state index in [1.54, 1.807) is 24.3 Å². The van der Waals surface area contributed by atoms with Gasteiger partial charge in [0.25, 0.3) is 0 Å². The lowest BCUT2D eigenvalue weighted by Crippen LogP contribution is -1.88. The van der Waals surface area contributed by atoms with Crippen molar-refractivity contribution in [3.8, 4) is 11.6 Å². The van der Waals surface area contributed by atoms with E-state index in [4.69, 9.17) is 27.9 Å². The van der Waals surface area contributed by atoms with E-state index in [1.807, 2.05) is 12.1 Å². The Bertz CT molecular complexity index is 519. The lowest BCUT2D eigenvalue weighted by atomic mass is 10.3. The van der Waals surface area contributed by atoms with Crippen molar-refractivity contribution in [3.63, 3.8) is 0 Å². The minimum atomic E-state index is 0.381. The average Bonchev–Trinajstić information content (AvgIpc) is 2.25. The summed E-state index contributed by atoms with van der Waals surface area (Å²) in [4.78, 5) is 4.13. The highest BCUT2D eigenvalue weighted by Crippen LogP contribution is 2.34. The lowest BCUT2D eigenvalue weighted by molar-refractivity contribution is 0.462. The minimum absolute atomic E-state index is 0.381. The Morgan fingerprint density at radius 3 is 2.56 bits per heavy atom. The third-order valence-electron chi connectivity index (χ3n) is 1.82. The van der Waals surface area contributed by atoms with Gasteiger partial charge in [0.1, 0.15) is 15.4 Å². The first kappa shape index (κ1) is 11.7. The SMILES string of the molecule is Clc1cccc(Oc2cccc(Br)n2)c1Cl. The molecule has 0 saturated carbocycles. The van der Waals surface area contributed by atoms with E-state index < -0.39 is 0 Å². The van der Waals surface area contributed by atoms with Crippen molar-refractivity contribution in [2.45, 2.75) is 0 Å². The van der Waals surface area contributed by atoms with E-state index in [-0.39, 0.29) is 0 Å². The number of rotatable bonds is 2. The summed E-state index contributed by atoms with van der Waals surface area (Å²) in [6, 6.07) is 10.6. The molecule has 1 heterocycles. The summed E-state index contributed by atoms with van der Waals surface area (Å²) >= 11 is 15.1. The molecule has 2 nitrogen and oxygen atoms in total.